The number of rotatable bonds is 4. The maximum Gasteiger partial charge on any atom is 0.274 e. The Labute approximate surface area is 169 Å². The van der Waals surface area contributed by atoms with Crippen molar-refractivity contribution in [2.24, 2.45) is 0 Å². The summed E-state index contributed by atoms with van der Waals surface area (Å²) >= 11 is 0. The number of carbonyl (C=O) groups is 1. The summed E-state index contributed by atoms with van der Waals surface area (Å²) in [5.41, 5.74) is 3.36. The van der Waals surface area contributed by atoms with E-state index >= 15 is 0 Å². The first-order valence-corrected chi connectivity index (χ1v) is 10.0. The third kappa shape index (κ3) is 3.66. The van der Waals surface area contributed by atoms with Gasteiger partial charge in [-0.25, -0.2) is 0 Å². The second-order valence-corrected chi connectivity index (χ2v) is 7.95. The number of amides is 1. The number of aromatic nitrogens is 5. The van der Waals surface area contributed by atoms with Gasteiger partial charge in [-0.05, 0) is 45.2 Å². The normalized spacial score (nSPS) is 16.0. The maximum absolute atomic E-state index is 13.2. The Morgan fingerprint density at radius 1 is 1.10 bits per heavy atom. The van der Waals surface area contributed by atoms with Crippen LogP contribution in [0.5, 0.6) is 0 Å². The first kappa shape index (κ1) is 19.3. The van der Waals surface area contributed by atoms with Crippen LogP contribution in [0.2, 0.25) is 0 Å². The number of aryl methyl sites for hydroxylation is 4. The van der Waals surface area contributed by atoms with Crippen LogP contribution < -0.4 is 5.32 Å². The minimum atomic E-state index is -0.622. The molecule has 0 atom stereocenters. The molecule has 0 unspecified atom stereocenters. The van der Waals surface area contributed by atoms with Gasteiger partial charge in [0.2, 0.25) is 5.89 Å². The number of benzene rings is 1. The van der Waals surface area contributed by atoms with E-state index in [-0.39, 0.29) is 5.91 Å². The molecule has 152 valence electrons. The van der Waals surface area contributed by atoms with E-state index in [0.29, 0.717) is 23.1 Å². The summed E-state index contributed by atoms with van der Waals surface area (Å²) in [6, 6.07) is 6.05. The van der Waals surface area contributed by atoms with Gasteiger partial charge in [0.15, 0.2) is 11.5 Å². The molecule has 0 radical (unpaired) electrons. The van der Waals surface area contributed by atoms with E-state index in [1.54, 1.807) is 13.8 Å². The summed E-state index contributed by atoms with van der Waals surface area (Å²) in [6.07, 6.45) is 4.70. The van der Waals surface area contributed by atoms with Gasteiger partial charge in [0.25, 0.3) is 5.91 Å². The van der Waals surface area contributed by atoms with Crippen molar-refractivity contribution in [3.63, 3.8) is 0 Å². The molecule has 0 bridgehead atoms. The van der Waals surface area contributed by atoms with Gasteiger partial charge in [0, 0.05) is 6.92 Å². The van der Waals surface area contributed by atoms with Crippen molar-refractivity contribution in [3.05, 3.63) is 52.4 Å². The van der Waals surface area contributed by atoms with Crippen molar-refractivity contribution >= 4 is 5.91 Å². The van der Waals surface area contributed by atoms with Crippen LogP contribution in [0.25, 0.3) is 5.69 Å². The van der Waals surface area contributed by atoms with Gasteiger partial charge in [-0.2, -0.15) is 14.9 Å². The van der Waals surface area contributed by atoms with Crippen LogP contribution in [0.4, 0.5) is 0 Å². The highest BCUT2D eigenvalue weighted by atomic mass is 16.5. The molecule has 29 heavy (non-hydrogen) atoms. The van der Waals surface area contributed by atoms with E-state index in [1.165, 1.54) is 10.4 Å². The lowest BCUT2D eigenvalue weighted by atomic mass is 9.81. The largest absolute Gasteiger partial charge is 0.340 e. The van der Waals surface area contributed by atoms with E-state index in [2.05, 4.69) is 31.7 Å². The predicted molar refractivity (Wildman–Crippen MR) is 107 cm³/mol. The standard InChI is InChI=1S/C21H26N6O2/c1-13-8-9-17(14(2)12-13)27-24-15(3)18(25-27)19(28)23-21(10-6-5-7-11-21)20-22-16(4)29-26-20/h8-9,12H,5-7,10-11H2,1-4H3,(H,23,28). The Morgan fingerprint density at radius 2 is 1.86 bits per heavy atom. The fourth-order valence-electron chi connectivity index (χ4n) is 4.06. The fourth-order valence-corrected chi connectivity index (χ4v) is 4.06. The number of carbonyl (C=O) groups excluding carboxylic acids is 1. The molecule has 3 aromatic rings. The summed E-state index contributed by atoms with van der Waals surface area (Å²) < 4.78 is 5.19. The third-order valence-electron chi connectivity index (χ3n) is 5.58. The lowest BCUT2D eigenvalue weighted by Gasteiger charge is -2.35. The molecular weight excluding hydrogens is 368 g/mol. The Morgan fingerprint density at radius 3 is 2.52 bits per heavy atom. The molecule has 2 aromatic heterocycles. The average molecular weight is 394 g/mol. The van der Waals surface area contributed by atoms with E-state index in [9.17, 15) is 4.79 Å². The van der Waals surface area contributed by atoms with Gasteiger partial charge in [-0.3, -0.25) is 4.79 Å². The van der Waals surface area contributed by atoms with Crippen molar-refractivity contribution < 1.29 is 9.32 Å². The number of nitrogens with zero attached hydrogens (tertiary/aromatic N) is 5. The van der Waals surface area contributed by atoms with Crippen molar-refractivity contribution in [2.75, 3.05) is 0 Å². The Hall–Kier alpha value is -3.03. The third-order valence-corrected chi connectivity index (χ3v) is 5.58. The zero-order chi connectivity index (χ0) is 20.6. The van der Waals surface area contributed by atoms with Gasteiger partial charge >= 0.3 is 0 Å². The number of hydrogen-bond acceptors (Lipinski definition) is 6. The first-order valence-electron chi connectivity index (χ1n) is 10.0. The second kappa shape index (κ2) is 7.42. The molecule has 4 rings (SSSR count). The minimum Gasteiger partial charge on any atom is -0.340 e. The van der Waals surface area contributed by atoms with Crippen LogP contribution in [0.3, 0.4) is 0 Å². The van der Waals surface area contributed by atoms with Gasteiger partial charge in [-0.1, -0.05) is 42.1 Å². The van der Waals surface area contributed by atoms with E-state index in [4.69, 9.17) is 4.52 Å². The molecule has 0 saturated heterocycles. The predicted octanol–water partition coefficient (Wildman–Crippen LogP) is 3.47. The molecule has 1 amide bonds. The molecule has 2 heterocycles. The summed E-state index contributed by atoms with van der Waals surface area (Å²) in [6.45, 7) is 7.61. The second-order valence-electron chi connectivity index (χ2n) is 7.95. The SMILES string of the molecule is Cc1ccc(-n2nc(C)c(C(=O)NC3(c4noc(C)n4)CCCCC3)n2)c(C)c1. The van der Waals surface area contributed by atoms with Crippen molar-refractivity contribution in [1.29, 1.82) is 0 Å². The first-order chi connectivity index (χ1) is 13.9. The van der Waals surface area contributed by atoms with Crippen LogP contribution in [0.15, 0.2) is 22.7 Å². The monoisotopic (exact) mass is 394 g/mol. The Kier molecular flexibility index (Phi) is 4.94. The van der Waals surface area contributed by atoms with E-state index in [0.717, 1.165) is 43.4 Å². The molecule has 1 N–H and O–H groups in total. The molecule has 8 nitrogen and oxygen atoms in total. The van der Waals surface area contributed by atoms with Crippen LogP contribution in [-0.2, 0) is 5.54 Å². The molecule has 1 fully saturated rings. The Balaban J connectivity index is 1.64. The summed E-state index contributed by atoms with van der Waals surface area (Å²) in [5.74, 6) is 0.779. The van der Waals surface area contributed by atoms with Gasteiger partial charge in [0.05, 0.1) is 11.4 Å². The lowest BCUT2D eigenvalue weighted by Crippen LogP contribution is -2.48. The van der Waals surface area contributed by atoms with Crippen molar-refractivity contribution in [3.8, 4) is 5.69 Å². The maximum atomic E-state index is 13.2. The van der Waals surface area contributed by atoms with Crippen LogP contribution >= 0.6 is 0 Å². The number of nitrogens with one attached hydrogen (secondary N) is 1. The zero-order valence-corrected chi connectivity index (χ0v) is 17.3. The highest BCUT2D eigenvalue weighted by Crippen LogP contribution is 2.36. The zero-order valence-electron chi connectivity index (χ0n) is 17.3. The molecule has 1 aromatic carbocycles. The van der Waals surface area contributed by atoms with E-state index in [1.807, 2.05) is 26.0 Å². The van der Waals surface area contributed by atoms with Crippen LogP contribution in [-0.4, -0.2) is 31.0 Å². The molecule has 1 aliphatic carbocycles. The van der Waals surface area contributed by atoms with E-state index < -0.39 is 5.54 Å². The summed E-state index contributed by atoms with van der Waals surface area (Å²) in [7, 11) is 0. The topological polar surface area (TPSA) is 98.7 Å². The molecule has 0 aliphatic heterocycles. The summed E-state index contributed by atoms with van der Waals surface area (Å²) in [5, 5.41) is 16.3. The fraction of sp³-hybridized carbons (Fsp3) is 0.476. The quantitative estimate of drug-likeness (QED) is 0.727. The highest BCUT2D eigenvalue weighted by molar-refractivity contribution is 5.93. The highest BCUT2D eigenvalue weighted by Gasteiger charge is 2.40. The summed E-state index contributed by atoms with van der Waals surface area (Å²) in [4.78, 5) is 19.1. The minimum absolute atomic E-state index is 0.261. The molecule has 1 saturated carbocycles. The molecular formula is C21H26N6O2. The molecule has 8 heteroatoms. The lowest BCUT2D eigenvalue weighted by molar-refractivity contribution is 0.0849. The smallest absolute Gasteiger partial charge is 0.274 e. The average Bonchev–Trinajstić information content (AvgIpc) is 3.29. The van der Waals surface area contributed by atoms with Gasteiger partial charge < -0.3 is 9.84 Å². The van der Waals surface area contributed by atoms with Crippen molar-refractivity contribution in [2.45, 2.75) is 65.3 Å². The van der Waals surface area contributed by atoms with Crippen LogP contribution in [0, 0.1) is 27.7 Å². The number of hydrogen-bond donors (Lipinski definition) is 1. The molecule has 0 spiro atoms. The van der Waals surface area contributed by atoms with Crippen molar-refractivity contribution in [1.82, 2.24) is 30.5 Å². The van der Waals surface area contributed by atoms with Gasteiger partial charge in [0.1, 0.15) is 5.54 Å². The van der Waals surface area contributed by atoms with Crippen LogP contribution in [0.1, 0.15) is 71.1 Å². The van der Waals surface area contributed by atoms with Gasteiger partial charge in [-0.15, -0.1) is 5.10 Å². The molecule has 1 aliphatic rings. The Bertz CT molecular complexity index is 1050.